The van der Waals surface area contributed by atoms with Gasteiger partial charge in [-0.15, -0.1) is 0 Å². The van der Waals surface area contributed by atoms with Gasteiger partial charge in [-0.2, -0.15) is 0 Å². The first kappa shape index (κ1) is 14.0. The molecule has 0 spiro atoms. The zero-order valence-electron chi connectivity index (χ0n) is 11.6. The molecule has 0 aliphatic carbocycles. The van der Waals surface area contributed by atoms with Crippen molar-refractivity contribution in [2.24, 2.45) is 0 Å². The maximum atomic E-state index is 13.6. The summed E-state index contributed by atoms with van der Waals surface area (Å²) >= 11 is 0. The normalized spacial score (nSPS) is 10.6. The van der Waals surface area contributed by atoms with Gasteiger partial charge in [-0.1, -0.05) is 36.4 Å². The molecule has 2 N–H and O–H groups in total. The topological polar surface area (TPSA) is 62.0 Å². The number of aromatic nitrogens is 1. The van der Waals surface area contributed by atoms with Crippen molar-refractivity contribution in [3.63, 3.8) is 0 Å². The van der Waals surface area contributed by atoms with E-state index < -0.39 is 17.2 Å². The molecule has 0 atom stereocenters. The number of hydrogen-bond acceptors (Lipinski definition) is 2. The Morgan fingerprint density at radius 1 is 1.09 bits per heavy atom. The summed E-state index contributed by atoms with van der Waals surface area (Å²) in [6.07, 6.45) is 1.24. The Bertz CT molecular complexity index is 888. The van der Waals surface area contributed by atoms with Gasteiger partial charge in [-0.05, 0) is 17.7 Å². The highest BCUT2D eigenvalue weighted by Crippen LogP contribution is 2.12. The second-order valence-electron chi connectivity index (χ2n) is 4.86. The molecule has 3 aromatic rings. The van der Waals surface area contributed by atoms with Crippen LogP contribution in [0.1, 0.15) is 15.9 Å². The molecule has 0 aliphatic rings. The van der Waals surface area contributed by atoms with Crippen molar-refractivity contribution in [1.29, 1.82) is 0 Å². The van der Waals surface area contributed by atoms with Crippen LogP contribution < -0.4 is 10.7 Å². The zero-order valence-corrected chi connectivity index (χ0v) is 11.6. The van der Waals surface area contributed by atoms with Crippen molar-refractivity contribution in [3.8, 4) is 0 Å². The van der Waals surface area contributed by atoms with E-state index in [4.69, 9.17) is 0 Å². The number of carbonyl (C=O) groups is 1. The largest absolute Gasteiger partial charge is 0.358 e. The van der Waals surface area contributed by atoms with Crippen LogP contribution in [0.25, 0.3) is 10.9 Å². The predicted octanol–water partition coefficient (Wildman–Crippen LogP) is 2.60. The van der Waals surface area contributed by atoms with Crippen LogP contribution in [0.15, 0.2) is 59.5 Å². The molecule has 1 aromatic heterocycles. The van der Waals surface area contributed by atoms with Crippen LogP contribution in [-0.4, -0.2) is 10.9 Å². The average molecular weight is 296 g/mol. The van der Waals surface area contributed by atoms with E-state index in [2.05, 4.69) is 10.3 Å². The number of rotatable bonds is 3. The number of hydrogen-bond donors (Lipinski definition) is 2. The number of amides is 1. The maximum absolute atomic E-state index is 13.6. The molecule has 0 radical (unpaired) electrons. The second kappa shape index (κ2) is 5.81. The molecule has 0 aliphatic heterocycles. The van der Waals surface area contributed by atoms with E-state index in [1.807, 2.05) is 30.3 Å². The van der Waals surface area contributed by atoms with E-state index in [1.165, 1.54) is 24.4 Å². The zero-order chi connectivity index (χ0) is 15.5. The smallest absolute Gasteiger partial charge is 0.257 e. The van der Waals surface area contributed by atoms with Gasteiger partial charge in [0.15, 0.2) is 0 Å². The Morgan fingerprint density at radius 3 is 2.64 bits per heavy atom. The standard InChI is InChI=1S/C17H13FN2O2/c18-14-8-4-7-12-15(14)19-10-13(16(12)21)17(22)20-9-11-5-2-1-3-6-11/h1-8,10H,9H2,(H,19,21)(H,20,22). The summed E-state index contributed by atoms with van der Waals surface area (Å²) in [6.45, 7) is 0.320. The Hall–Kier alpha value is -2.95. The number of halogens is 1. The number of fused-ring (bicyclic) bond motifs is 1. The highest BCUT2D eigenvalue weighted by molar-refractivity contribution is 5.97. The van der Waals surface area contributed by atoms with Crippen molar-refractivity contribution < 1.29 is 9.18 Å². The molecule has 5 heteroatoms. The fourth-order valence-electron chi connectivity index (χ4n) is 2.26. The van der Waals surface area contributed by atoms with Gasteiger partial charge in [0, 0.05) is 18.1 Å². The SMILES string of the molecule is O=C(NCc1ccccc1)c1c[nH]c2c(F)cccc2c1=O. The molecule has 3 rings (SSSR count). The van der Waals surface area contributed by atoms with Crippen LogP contribution in [0.2, 0.25) is 0 Å². The molecule has 0 unspecified atom stereocenters. The quantitative estimate of drug-likeness (QED) is 0.780. The van der Waals surface area contributed by atoms with Gasteiger partial charge in [0.1, 0.15) is 11.4 Å². The number of pyridine rings is 1. The van der Waals surface area contributed by atoms with E-state index >= 15 is 0 Å². The Morgan fingerprint density at radius 2 is 1.86 bits per heavy atom. The van der Waals surface area contributed by atoms with Gasteiger partial charge >= 0.3 is 0 Å². The van der Waals surface area contributed by atoms with Crippen molar-refractivity contribution >= 4 is 16.8 Å². The third-order valence-corrected chi connectivity index (χ3v) is 3.40. The number of benzene rings is 2. The maximum Gasteiger partial charge on any atom is 0.257 e. The molecule has 0 bridgehead atoms. The van der Waals surface area contributed by atoms with Gasteiger partial charge < -0.3 is 10.3 Å². The monoisotopic (exact) mass is 296 g/mol. The van der Waals surface area contributed by atoms with E-state index in [0.717, 1.165) is 5.56 Å². The van der Waals surface area contributed by atoms with Crippen molar-refractivity contribution in [1.82, 2.24) is 10.3 Å². The summed E-state index contributed by atoms with van der Waals surface area (Å²) in [5.74, 6) is -1.01. The lowest BCUT2D eigenvalue weighted by Gasteiger charge is -2.06. The summed E-state index contributed by atoms with van der Waals surface area (Å²) in [4.78, 5) is 27.1. The molecular formula is C17H13FN2O2. The molecule has 0 saturated heterocycles. The first-order valence-corrected chi connectivity index (χ1v) is 6.79. The Labute approximate surface area is 125 Å². The summed E-state index contributed by atoms with van der Waals surface area (Å²) in [6, 6.07) is 13.6. The van der Waals surface area contributed by atoms with E-state index in [9.17, 15) is 14.0 Å². The minimum absolute atomic E-state index is 0.0333. The molecular weight excluding hydrogens is 283 g/mol. The number of aromatic amines is 1. The van der Waals surface area contributed by atoms with E-state index in [0.29, 0.717) is 6.54 Å². The lowest BCUT2D eigenvalue weighted by Crippen LogP contribution is -2.28. The second-order valence-corrected chi connectivity index (χ2v) is 4.86. The summed E-state index contributed by atoms with van der Waals surface area (Å²) in [5, 5.41) is 2.84. The van der Waals surface area contributed by atoms with Gasteiger partial charge in [-0.3, -0.25) is 9.59 Å². The van der Waals surface area contributed by atoms with E-state index in [-0.39, 0.29) is 16.5 Å². The molecule has 4 nitrogen and oxygen atoms in total. The molecule has 110 valence electrons. The molecule has 1 heterocycles. The van der Waals surface area contributed by atoms with Crippen LogP contribution >= 0.6 is 0 Å². The van der Waals surface area contributed by atoms with Gasteiger partial charge in [0.25, 0.3) is 5.91 Å². The number of para-hydroxylation sites is 1. The summed E-state index contributed by atoms with van der Waals surface area (Å²) in [5.41, 5.74) is 0.513. The van der Waals surface area contributed by atoms with Crippen molar-refractivity contribution in [3.05, 3.63) is 81.9 Å². The third kappa shape index (κ3) is 2.61. The van der Waals surface area contributed by atoms with Crippen LogP contribution in [0, 0.1) is 5.82 Å². The van der Waals surface area contributed by atoms with Gasteiger partial charge in [0.05, 0.1) is 5.52 Å². The third-order valence-electron chi connectivity index (χ3n) is 3.40. The highest BCUT2D eigenvalue weighted by Gasteiger charge is 2.14. The first-order chi connectivity index (χ1) is 10.7. The Balaban J connectivity index is 1.88. The summed E-state index contributed by atoms with van der Waals surface area (Å²) < 4.78 is 13.6. The Kier molecular flexibility index (Phi) is 3.70. The van der Waals surface area contributed by atoms with E-state index in [1.54, 1.807) is 0 Å². The predicted molar refractivity (Wildman–Crippen MR) is 82.1 cm³/mol. The summed E-state index contributed by atoms with van der Waals surface area (Å²) in [7, 11) is 0. The van der Waals surface area contributed by atoms with Crippen LogP contribution in [0.4, 0.5) is 4.39 Å². The number of H-pyrrole nitrogens is 1. The molecule has 0 fully saturated rings. The van der Waals surface area contributed by atoms with Gasteiger partial charge in [0.2, 0.25) is 5.43 Å². The number of nitrogens with one attached hydrogen (secondary N) is 2. The fourth-order valence-corrected chi connectivity index (χ4v) is 2.26. The lowest BCUT2D eigenvalue weighted by atomic mass is 10.1. The molecule has 0 saturated carbocycles. The van der Waals surface area contributed by atoms with Gasteiger partial charge in [-0.25, -0.2) is 4.39 Å². The van der Waals surface area contributed by atoms with Crippen LogP contribution in [0.3, 0.4) is 0 Å². The average Bonchev–Trinajstić information content (AvgIpc) is 2.55. The lowest BCUT2D eigenvalue weighted by molar-refractivity contribution is 0.0949. The highest BCUT2D eigenvalue weighted by atomic mass is 19.1. The van der Waals surface area contributed by atoms with Crippen LogP contribution in [-0.2, 0) is 6.54 Å². The first-order valence-electron chi connectivity index (χ1n) is 6.79. The molecule has 2 aromatic carbocycles. The van der Waals surface area contributed by atoms with Crippen molar-refractivity contribution in [2.45, 2.75) is 6.54 Å². The number of carbonyl (C=O) groups excluding carboxylic acids is 1. The minimum atomic E-state index is -0.522. The van der Waals surface area contributed by atoms with Crippen molar-refractivity contribution in [2.75, 3.05) is 0 Å². The molecule has 22 heavy (non-hydrogen) atoms. The minimum Gasteiger partial charge on any atom is -0.358 e. The fraction of sp³-hybridized carbons (Fsp3) is 0.0588. The van der Waals surface area contributed by atoms with Crippen LogP contribution in [0.5, 0.6) is 0 Å². The molecule has 1 amide bonds.